The molecule has 3 aromatic rings. The number of fused-ring (bicyclic) bond motifs is 3. The molecular formula is C19H13NO4. The zero-order chi connectivity index (χ0) is 16.3. The number of hydrogen-bond donors (Lipinski definition) is 2. The number of phenols is 1. The molecule has 0 unspecified atom stereocenters. The predicted molar refractivity (Wildman–Crippen MR) is 88.3 cm³/mol. The van der Waals surface area contributed by atoms with E-state index >= 15 is 0 Å². The number of nitrogens with one attached hydrogen (secondary N) is 1. The fourth-order valence-electron chi connectivity index (χ4n) is 3.50. The van der Waals surface area contributed by atoms with Gasteiger partial charge in [0.15, 0.2) is 11.5 Å². The molecule has 5 heteroatoms. The molecule has 0 bridgehead atoms. The second-order valence-corrected chi connectivity index (χ2v) is 5.90. The molecule has 0 aliphatic carbocycles. The van der Waals surface area contributed by atoms with Gasteiger partial charge in [0, 0.05) is 17.5 Å². The molecule has 0 fully saturated rings. The topological polar surface area (TPSA) is 67.8 Å². The summed E-state index contributed by atoms with van der Waals surface area (Å²) in [4.78, 5) is 12.1. The molecule has 3 aromatic carbocycles. The molecule has 24 heavy (non-hydrogen) atoms. The van der Waals surface area contributed by atoms with Crippen LogP contribution in [0.1, 0.15) is 15.9 Å². The van der Waals surface area contributed by atoms with Crippen molar-refractivity contribution in [3.05, 3.63) is 53.6 Å². The molecule has 118 valence electrons. The minimum atomic E-state index is -0.0859. The van der Waals surface area contributed by atoms with E-state index in [-0.39, 0.29) is 18.4 Å². The van der Waals surface area contributed by atoms with Gasteiger partial charge in [0.2, 0.25) is 6.79 Å². The summed E-state index contributed by atoms with van der Waals surface area (Å²) in [7, 11) is 0. The fraction of sp³-hybridized carbons (Fsp3) is 0.105. The lowest BCUT2D eigenvalue weighted by molar-refractivity contribution is 0.0966. The first kappa shape index (κ1) is 13.2. The number of aromatic hydroxyl groups is 1. The van der Waals surface area contributed by atoms with Gasteiger partial charge in [0.25, 0.3) is 5.91 Å². The zero-order valence-corrected chi connectivity index (χ0v) is 12.6. The van der Waals surface area contributed by atoms with Crippen molar-refractivity contribution in [3.63, 3.8) is 0 Å². The SMILES string of the molecule is O=C1NCc2c1cc1cccc(O)c1c2-c1ccc2c(c1)OCO2. The Hall–Kier alpha value is -3.21. The summed E-state index contributed by atoms with van der Waals surface area (Å²) in [6.07, 6.45) is 0. The number of amides is 1. The van der Waals surface area contributed by atoms with Crippen molar-refractivity contribution in [1.29, 1.82) is 0 Å². The second-order valence-electron chi connectivity index (χ2n) is 5.90. The van der Waals surface area contributed by atoms with Gasteiger partial charge in [-0.05, 0) is 46.3 Å². The summed E-state index contributed by atoms with van der Waals surface area (Å²) in [6, 6.07) is 12.9. The summed E-state index contributed by atoms with van der Waals surface area (Å²) >= 11 is 0. The number of rotatable bonds is 1. The first-order valence-corrected chi connectivity index (χ1v) is 7.68. The quantitative estimate of drug-likeness (QED) is 0.723. The van der Waals surface area contributed by atoms with Crippen LogP contribution in [0.2, 0.25) is 0 Å². The Morgan fingerprint density at radius 2 is 1.92 bits per heavy atom. The summed E-state index contributed by atoms with van der Waals surface area (Å²) < 4.78 is 10.8. The van der Waals surface area contributed by atoms with Crippen LogP contribution in [0.5, 0.6) is 17.2 Å². The number of phenolic OH excluding ortho intramolecular Hbond substituents is 1. The Bertz CT molecular complexity index is 1030. The lowest BCUT2D eigenvalue weighted by Gasteiger charge is -2.14. The van der Waals surface area contributed by atoms with E-state index in [0.717, 1.165) is 27.5 Å². The van der Waals surface area contributed by atoms with E-state index in [0.29, 0.717) is 23.6 Å². The molecule has 0 aromatic heterocycles. The number of carbonyl (C=O) groups is 1. The van der Waals surface area contributed by atoms with Gasteiger partial charge >= 0.3 is 0 Å². The van der Waals surface area contributed by atoms with Crippen LogP contribution < -0.4 is 14.8 Å². The molecule has 1 amide bonds. The van der Waals surface area contributed by atoms with E-state index in [1.807, 2.05) is 30.3 Å². The van der Waals surface area contributed by atoms with E-state index in [1.165, 1.54) is 0 Å². The number of ether oxygens (including phenoxy) is 2. The van der Waals surface area contributed by atoms with Gasteiger partial charge in [-0.15, -0.1) is 0 Å². The molecular weight excluding hydrogens is 306 g/mol. The Balaban J connectivity index is 1.89. The van der Waals surface area contributed by atoms with Crippen LogP contribution in [0.25, 0.3) is 21.9 Å². The monoisotopic (exact) mass is 319 g/mol. The van der Waals surface area contributed by atoms with Gasteiger partial charge in [-0.25, -0.2) is 0 Å². The fourth-order valence-corrected chi connectivity index (χ4v) is 3.50. The smallest absolute Gasteiger partial charge is 0.251 e. The maximum atomic E-state index is 12.1. The van der Waals surface area contributed by atoms with Crippen molar-refractivity contribution in [3.8, 4) is 28.4 Å². The minimum Gasteiger partial charge on any atom is -0.507 e. The Labute approximate surface area is 137 Å². The van der Waals surface area contributed by atoms with Crippen molar-refractivity contribution in [2.45, 2.75) is 6.54 Å². The molecule has 5 nitrogen and oxygen atoms in total. The largest absolute Gasteiger partial charge is 0.507 e. The van der Waals surface area contributed by atoms with Crippen molar-refractivity contribution < 1.29 is 19.4 Å². The maximum absolute atomic E-state index is 12.1. The van der Waals surface area contributed by atoms with E-state index in [1.54, 1.807) is 12.1 Å². The average Bonchev–Trinajstić information content (AvgIpc) is 3.20. The molecule has 0 atom stereocenters. The molecule has 2 aliphatic rings. The maximum Gasteiger partial charge on any atom is 0.251 e. The summed E-state index contributed by atoms with van der Waals surface area (Å²) in [5.74, 6) is 1.49. The molecule has 0 saturated heterocycles. The van der Waals surface area contributed by atoms with Gasteiger partial charge in [0.05, 0.1) is 0 Å². The average molecular weight is 319 g/mol. The minimum absolute atomic E-state index is 0.0859. The van der Waals surface area contributed by atoms with E-state index in [4.69, 9.17) is 9.47 Å². The van der Waals surface area contributed by atoms with Gasteiger partial charge < -0.3 is 19.9 Å². The molecule has 0 saturated carbocycles. The third-order valence-electron chi connectivity index (χ3n) is 4.58. The summed E-state index contributed by atoms with van der Waals surface area (Å²) in [6.45, 7) is 0.653. The van der Waals surface area contributed by atoms with Gasteiger partial charge in [-0.2, -0.15) is 0 Å². The van der Waals surface area contributed by atoms with E-state index in [9.17, 15) is 9.90 Å². The zero-order valence-electron chi connectivity index (χ0n) is 12.6. The van der Waals surface area contributed by atoms with Crippen LogP contribution in [0.4, 0.5) is 0 Å². The highest BCUT2D eigenvalue weighted by atomic mass is 16.7. The number of carbonyl (C=O) groups excluding carboxylic acids is 1. The van der Waals surface area contributed by atoms with Crippen LogP contribution in [0.15, 0.2) is 42.5 Å². The predicted octanol–water partition coefficient (Wildman–Crippen LogP) is 3.18. The lowest BCUT2D eigenvalue weighted by atomic mass is 9.90. The molecule has 0 spiro atoms. The van der Waals surface area contributed by atoms with Crippen LogP contribution in [-0.2, 0) is 6.54 Å². The Kier molecular flexibility index (Phi) is 2.56. The molecule has 0 radical (unpaired) electrons. The van der Waals surface area contributed by atoms with Crippen LogP contribution >= 0.6 is 0 Å². The molecule has 2 heterocycles. The standard InChI is InChI=1S/C19H13NO4/c21-14-3-1-2-10-6-12-13(8-20-19(12)22)17(18(10)14)11-4-5-15-16(7-11)24-9-23-15/h1-7,21H,8-9H2,(H,20,22). The third kappa shape index (κ3) is 1.72. The first-order valence-electron chi connectivity index (χ1n) is 7.68. The summed E-state index contributed by atoms with van der Waals surface area (Å²) in [5, 5.41) is 14.9. The lowest BCUT2D eigenvalue weighted by Crippen LogP contribution is -2.12. The highest BCUT2D eigenvalue weighted by Crippen LogP contribution is 2.43. The van der Waals surface area contributed by atoms with Gasteiger partial charge in [0.1, 0.15) is 5.75 Å². The van der Waals surface area contributed by atoms with Gasteiger partial charge in [-0.3, -0.25) is 4.79 Å². The van der Waals surface area contributed by atoms with Crippen molar-refractivity contribution >= 4 is 16.7 Å². The molecule has 5 rings (SSSR count). The number of hydrogen-bond acceptors (Lipinski definition) is 4. The Morgan fingerprint density at radius 3 is 2.83 bits per heavy atom. The van der Waals surface area contributed by atoms with Crippen molar-refractivity contribution in [2.75, 3.05) is 6.79 Å². The van der Waals surface area contributed by atoms with E-state index < -0.39 is 0 Å². The van der Waals surface area contributed by atoms with E-state index in [2.05, 4.69) is 5.32 Å². The van der Waals surface area contributed by atoms with Crippen LogP contribution in [-0.4, -0.2) is 17.8 Å². The van der Waals surface area contributed by atoms with Crippen LogP contribution in [0.3, 0.4) is 0 Å². The first-order chi connectivity index (χ1) is 11.7. The molecule has 2 N–H and O–H groups in total. The van der Waals surface area contributed by atoms with Crippen molar-refractivity contribution in [2.24, 2.45) is 0 Å². The normalized spacial score (nSPS) is 14.8. The third-order valence-corrected chi connectivity index (χ3v) is 4.58. The highest BCUT2D eigenvalue weighted by Gasteiger charge is 2.26. The Morgan fingerprint density at radius 1 is 1.04 bits per heavy atom. The number of benzene rings is 3. The second kappa shape index (κ2) is 4.64. The summed E-state index contributed by atoms with van der Waals surface area (Å²) in [5.41, 5.74) is 3.30. The molecule has 2 aliphatic heterocycles. The highest BCUT2D eigenvalue weighted by molar-refractivity contribution is 6.10. The van der Waals surface area contributed by atoms with Gasteiger partial charge in [-0.1, -0.05) is 18.2 Å². The van der Waals surface area contributed by atoms with Crippen LogP contribution in [0, 0.1) is 0 Å². The van der Waals surface area contributed by atoms with Crippen molar-refractivity contribution in [1.82, 2.24) is 5.32 Å².